The molecule has 0 saturated carbocycles. The van der Waals surface area contributed by atoms with Crippen molar-refractivity contribution in [2.24, 2.45) is 5.92 Å². The van der Waals surface area contributed by atoms with Gasteiger partial charge in [0.2, 0.25) is 0 Å². The molecule has 4 nitrogen and oxygen atoms in total. The Hall–Kier alpha value is -1.43. The van der Waals surface area contributed by atoms with Gasteiger partial charge >= 0.3 is 0 Å². The minimum Gasteiger partial charge on any atom is -0.344 e. The Morgan fingerprint density at radius 1 is 1.10 bits per heavy atom. The third-order valence-electron chi connectivity index (χ3n) is 3.21. The zero-order valence-electron chi connectivity index (χ0n) is 11.8. The molecule has 0 aromatic heterocycles. The fourth-order valence-electron chi connectivity index (χ4n) is 2.23. The molecule has 2 aromatic rings. The number of hydrogen-bond acceptors (Lipinski definition) is 3. The number of rotatable bonds is 4. The van der Waals surface area contributed by atoms with Gasteiger partial charge in [0.1, 0.15) is 4.90 Å². The third-order valence-corrected chi connectivity index (χ3v) is 4.21. The second-order valence-corrected chi connectivity index (χ2v) is 6.54. The maximum absolute atomic E-state index is 11.7. The third kappa shape index (κ3) is 3.56. The minimum absolute atomic E-state index is 0. The molecule has 0 aliphatic rings. The SMILES string of the molecule is CC(C)CCc1ccc2ccccc2c1S(=O)(=O)O.N. The van der Waals surface area contributed by atoms with Crippen LogP contribution in [-0.2, 0) is 16.5 Å². The van der Waals surface area contributed by atoms with Crippen molar-refractivity contribution in [3.8, 4) is 0 Å². The average molecular weight is 295 g/mol. The van der Waals surface area contributed by atoms with Crippen LogP contribution in [0, 0.1) is 5.92 Å². The van der Waals surface area contributed by atoms with E-state index in [0.29, 0.717) is 23.3 Å². The minimum atomic E-state index is -4.21. The lowest BCUT2D eigenvalue weighted by Gasteiger charge is -2.12. The van der Waals surface area contributed by atoms with Crippen molar-refractivity contribution in [3.63, 3.8) is 0 Å². The van der Waals surface area contributed by atoms with Crippen LogP contribution < -0.4 is 6.15 Å². The molecule has 4 N–H and O–H groups in total. The average Bonchev–Trinajstić information content (AvgIpc) is 2.34. The Balaban J connectivity index is 0.00000200. The van der Waals surface area contributed by atoms with Crippen molar-refractivity contribution in [3.05, 3.63) is 42.0 Å². The van der Waals surface area contributed by atoms with Gasteiger partial charge in [-0.2, -0.15) is 8.42 Å². The predicted octanol–water partition coefficient (Wildman–Crippen LogP) is 3.84. The van der Waals surface area contributed by atoms with E-state index in [4.69, 9.17) is 0 Å². The molecule has 5 heteroatoms. The molecule has 20 heavy (non-hydrogen) atoms. The van der Waals surface area contributed by atoms with Crippen molar-refractivity contribution in [1.29, 1.82) is 0 Å². The molecular formula is C15H21NO3S. The quantitative estimate of drug-likeness (QED) is 0.839. The van der Waals surface area contributed by atoms with Crippen LogP contribution in [0.2, 0.25) is 0 Å². The van der Waals surface area contributed by atoms with Gasteiger partial charge in [-0.05, 0) is 29.7 Å². The van der Waals surface area contributed by atoms with Gasteiger partial charge in [0.25, 0.3) is 10.1 Å². The van der Waals surface area contributed by atoms with Gasteiger partial charge in [0, 0.05) is 5.39 Å². The van der Waals surface area contributed by atoms with Crippen molar-refractivity contribution >= 4 is 20.9 Å². The highest BCUT2D eigenvalue weighted by atomic mass is 32.2. The highest BCUT2D eigenvalue weighted by Crippen LogP contribution is 2.28. The Morgan fingerprint density at radius 3 is 2.35 bits per heavy atom. The summed E-state index contributed by atoms with van der Waals surface area (Å²) in [6.07, 6.45) is 1.54. The molecule has 0 saturated heterocycles. The lowest BCUT2D eigenvalue weighted by molar-refractivity contribution is 0.482. The first-order valence-corrected chi connectivity index (χ1v) is 7.81. The fraction of sp³-hybridized carbons (Fsp3) is 0.333. The summed E-state index contributed by atoms with van der Waals surface area (Å²) in [6, 6.07) is 10.9. The topological polar surface area (TPSA) is 89.4 Å². The molecule has 0 spiro atoms. The van der Waals surface area contributed by atoms with E-state index in [1.54, 1.807) is 18.2 Å². The van der Waals surface area contributed by atoms with Crippen molar-refractivity contribution in [2.75, 3.05) is 0 Å². The Labute approximate surface area is 120 Å². The maximum atomic E-state index is 11.7. The van der Waals surface area contributed by atoms with Gasteiger partial charge in [-0.3, -0.25) is 4.55 Å². The van der Waals surface area contributed by atoms with Gasteiger partial charge in [-0.15, -0.1) is 0 Å². The first-order valence-electron chi connectivity index (χ1n) is 6.37. The van der Waals surface area contributed by atoms with E-state index in [1.165, 1.54) is 0 Å². The second kappa shape index (κ2) is 6.35. The fourth-order valence-corrected chi connectivity index (χ4v) is 3.20. The van der Waals surface area contributed by atoms with Gasteiger partial charge in [0.15, 0.2) is 0 Å². The molecule has 0 amide bonds. The lowest BCUT2D eigenvalue weighted by atomic mass is 10.00. The molecule has 0 radical (unpaired) electrons. The predicted molar refractivity (Wildman–Crippen MR) is 81.9 cm³/mol. The van der Waals surface area contributed by atoms with Crippen LogP contribution >= 0.6 is 0 Å². The van der Waals surface area contributed by atoms with Gasteiger partial charge < -0.3 is 6.15 Å². The number of fused-ring (bicyclic) bond motifs is 1. The number of hydrogen-bond donors (Lipinski definition) is 2. The summed E-state index contributed by atoms with van der Waals surface area (Å²) in [7, 11) is -4.21. The maximum Gasteiger partial charge on any atom is 0.295 e. The van der Waals surface area contributed by atoms with Crippen LogP contribution in [-0.4, -0.2) is 13.0 Å². The van der Waals surface area contributed by atoms with Gasteiger partial charge in [0.05, 0.1) is 0 Å². The molecule has 110 valence electrons. The van der Waals surface area contributed by atoms with Crippen LogP contribution in [0.4, 0.5) is 0 Å². The zero-order valence-corrected chi connectivity index (χ0v) is 12.7. The van der Waals surface area contributed by atoms with Crippen LogP contribution in [0.5, 0.6) is 0 Å². The van der Waals surface area contributed by atoms with E-state index in [1.807, 2.05) is 18.2 Å². The summed E-state index contributed by atoms with van der Waals surface area (Å²) in [5.74, 6) is 0.487. The molecule has 2 aromatic carbocycles. The highest BCUT2D eigenvalue weighted by Gasteiger charge is 2.19. The van der Waals surface area contributed by atoms with E-state index in [0.717, 1.165) is 11.8 Å². The summed E-state index contributed by atoms with van der Waals surface area (Å²) < 4.78 is 32.8. The highest BCUT2D eigenvalue weighted by molar-refractivity contribution is 7.86. The summed E-state index contributed by atoms with van der Waals surface area (Å²) in [5.41, 5.74) is 0.690. The summed E-state index contributed by atoms with van der Waals surface area (Å²) in [5, 5.41) is 1.41. The molecule has 0 heterocycles. The molecule has 0 fully saturated rings. The molecule has 0 aliphatic heterocycles. The standard InChI is InChI=1S/C15H18O3S.H3N/c1-11(2)7-8-13-10-9-12-5-3-4-6-14(12)15(13)19(16,17)18;/h3-6,9-11H,7-8H2,1-2H3,(H,16,17,18);1H3. The molecule has 0 bridgehead atoms. The van der Waals surface area contributed by atoms with Gasteiger partial charge in [-0.25, -0.2) is 0 Å². The van der Waals surface area contributed by atoms with E-state index in [2.05, 4.69) is 13.8 Å². The summed E-state index contributed by atoms with van der Waals surface area (Å²) in [6.45, 7) is 4.18. The number of aryl methyl sites for hydroxylation is 1. The lowest BCUT2D eigenvalue weighted by Crippen LogP contribution is -2.05. The van der Waals surface area contributed by atoms with Crippen molar-refractivity contribution < 1.29 is 13.0 Å². The normalized spacial score (nSPS) is 11.6. The summed E-state index contributed by atoms with van der Waals surface area (Å²) >= 11 is 0. The van der Waals surface area contributed by atoms with Crippen molar-refractivity contribution in [1.82, 2.24) is 6.15 Å². The first kappa shape index (κ1) is 16.6. The Bertz CT molecular complexity index is 693. The molecule has 0 atom stereocenters. The van der Waals surface area contributed by atoms with E-state index in [9.17, 15) is 13.0 Å². The van der Waals surface area contributed by atoms with Crippen LogP contribution in [0.1, 0.15) is 25.8 Å². The van der Waals surface area contributed by atoms with Crippen molar-refractivity contribution in [2.45, 2.75) is 31.6 Å². The number of benzene rings is 2. The largest absolute Gasteiger partial charge is 0.344 e. The Kier molecular flexibility index (Phi) is 5.28. The molecule has 0 unspecified atom stereocenters. The van der Waals surface area contributed by atoms with Crippen LogP contribution in [0.15, 0.2) is 41.3 Å². The molecule has 2 rings (SSSR count). The molecular weight excluding hydrogens is 274 g/mol. The first-order chi connectivity index (χ1) is 8.89. The second-order valence-electron chi connectivity index (χ2n) is 5.18. The smallest absolute Gasteiger partial charge is 0.295 e. The monoisotopic (exact) mass is 295 g/mol. The zero-order chi connectivity index (χ0) is 14.0. The summed E-state index contributed by atoms with van der Waals surface area (Å²) in [4.78, 5) is 0.0613. The van der Waals surface area contributed by atoms with Crippen LogP contribution in [0.3, 0.4) is 0 Å². The Morgan fingerprint density at radius 2 is 1.75 bits per heavy atom. The van der Waals surface area contributed by atoms with Gasteiger partial charge in [-0.1, -0.05) is 50.2 Å². The van der Waals surface area contributed by atoms with E-state index in [-0.39, 0.29) is 11.0 Å². The van der Waals surface area contributed by atoms with Crippen LogP contribution in [0.25, 0.3) is 10.8 Å². The van der Waals surface area contributed by atoms with E-state index < -0.39 is 10.1 Å². The van der Waals surface area contributed by atoms with E-state index >= 15 is 0 Å². The molecule has 0 aliphatic carbocycles.